The molecule has 6 nitrogen and oxygen atoms in total. The fraction of sp³-hybridized carbons (Fsp3) is 0.500. The molecule has 2 atom stereocenters. The second-order valence-corrected chi connectivity index (χ2v) is 5.42. The van der Waals surface area contributed by atoms with Gasteiger partial charge in [0.1, 0.15) is 5.56 Å². The van der Waals surface area contributed by atoms with Crippen molar-refractivity contribution in [3.8, 4) is 0 Å². The zero-order chi connectivity index (χ0) is 15.6. The van der Waals surface area contributed by atoms with E-state index in [2.05, 4.69) is 12.2 Å². The molecule has 0 amide bonds. The number of rotatable bonds is 4. The Hall–Kier alpha value is -2.18. The maximum absolute atomic E-state index is 14.0. The van der Waals surface area contributed by atoms with Crippen LogP contribution >= 0.6 is 0 Å². The molecule has 1 aliphatic carbocycles. The number of nitrogens with zero attached hydrogens (tertiary/aromatic N) is 1. The van der Waals surface area contributed by atoms with E-state index in [-0.39, 0.29) is 11.7 Å². The van der Waals surface area contributed by atoms with Gasteiger partial charge in [0.15, 0.2) is 5.82 Å². The van der Waals surface area contributed by atoms with Crippen LogP contribution in [0.1, 0.15) is 43.0 Å². The molecule has 21 heavy (non-hydrogen) atoms. The van der Waals surface area contributed by atoms with E-state index < -0.39 is 28.0 Å². The first-order valence-electron chi connectivity index (χ1n) is 6.88. The van der Waals surface area contributed by atoms with Crippen LogP contribution in [-0.2, 0) is 0 Å². The quantitative estimate of drug-likeness (QED) is 0.656. The second-order valence-electron chi connectivity index (χ2n) is 5.42. The molecule has 0 bridgehead atoms. The standard InChI is InChI=1S/C14H17FN2O4/c1-8-4-2-3-5-11(8)16-12-6-9(14(18)19)13(17(20)21)7-10(12)15/h6-8,11,16H,2-5H2,1H3,(H,18,19). The van der Waals surface area contributed by atoms with Gasteiger partial charge in [-0.15, -0.1) is 0 Å². The highest BCUT2D eigenvalue weighted by Gasteiger charge is 2.26. The number of carboxylic acid groups (broad SMARTS) is 1. The molecule has 0 aliphatic heterocycles. The number of aromatic carboxylic acids is 1. The van der Waals surface area contributed by atoms with Crippen molar-refractivity contribution in [2.45, 2.75) is 38.6 Å². The summed E-state index contributed by atoms with van der Waals surface area (Å²) in [6.07, 6.45) is 4.06. The van der Waals surface area contributed by atoms with Gasteiger partial charge in [-0.25, -0.2) is 9.18 Å². The molecule has 0 heterocycles. The van der Waals surface area contributed by atoms with E-state index in [1.165, 1.54) is 0 Å². The van der Waals surface area contributed by atoms with Gasteiger partial charge in [-0.3, -0.25) is 10.1 Å². The number of benzene rings is 1. The number of hydrogen-bond donors (Lipinski definition) is 2. The molecule has 1 fully saturated rings. The Kier molecular flexibility index (Phi) is 4.40. The Labute approximate surface area is 121 Å². The summed E-state index contributed by atoms with van der Waals surface area (Å²) < 4.78 is 14.0. The van der Waals surface area contributed by atoms with Gasteiger partial charge < -0.3 is 10.4 Å². The Morgan fingerprint density at radius 1 is 1.43 bits per heavy atom. The van der Waals surface area contributed by atoms with Crippen LogP contribution in [0.5, 0.6) is 0 Å². The number of nitrogens with one attached hydrogen (secondary N) is 1. The number of halogens is 1. The van der Waals surface area contributed by atoms with Crippen molar-refractivity contribution in [1.82, 2.24) is 0 Å². The number of nitro groups is 1. The van der Waals surface area contributed by atoms with Crippen LogP contribution in [0.15, 0.2) is 12.1 Å². The highest BCUT2D eigenvalue weighted by atomic mass is 19.1. The number of nitro benzene ring substituents is 1. The van der Waals surface area contributed by atoms with Crippen LogP contribution in [-0.4, -0.2) is 22.0 Å². The summed E-state index contributed by atoms with van der Waals surface area (Å²) in [6, 6.07) is 1.73. The molecule has 114 valence electrons. The molecule has 1 aliphatic rings. The number of hydrogen-bond acceptors (Lipinski definition) is 4. The largest absolute Gasteiger partial charge is 0.477 e. The molecular weight excluding hydrogens is 279 g/mol. The molecule has 2 unspecified atom stereocenters. The third-order valence-electron chi connectivity index (χ3n) is 3.96. The van der Waals surface area contributed by atoms with Crippen molar-refractivity contribution in [3.63, 3.8) is 0 Å². The van der Waals surface area contributed by atoms with Crippen molar-refractivity contribution in [1.29, 1.82) is 0 Å². The lowest BCUT2D eigenvalue weighted by atomic mass is 9.86. The first-order valence-corrected chi connectivity index (χ1v) is 6.88. The summed E-state index contributed by atoms with van der Waals surface area (Å²) in [5, 5.41) is 22.8. The molecule has 0 spiro atoms. The summed E-state index contributed by atoms with van der Waals surface area (Å²) in [5.74, 6) is -1.90. The van der Waals surface area contributed by atoms with E-state index in [0.29, 0.717) is 12.0 Å². The van der Waals surface area contributed by atoms with Gasteiger partial charge in [0, 0.05) is 6.04 Å². The van der Waals surface area contributed by atoms with E-state index >= 15 is 0 Å². The lowest BCUT2D eigenvalue weighted by molar-refractivity contribution is -0.385. The highest BCUT2D eigenvalue weighted by Crippen LogP contribution is 2.31. The molecule has 0 aromatic heterocycles. The number of anilines is 1. The fourth-order valence-electron chi connectivity index (χ4n) is 2.73. The van der Waals surface area contributed by atoms with Gasteiger partial charge in [0.05, 0.1) is 16.7 Å². The van der Waals surface area contributed by atoms with E-state index in [1.54, 1.807) is 0 Å². The predicted octanol–water partition coefficient (Wildman–Crippen LogP) is 3.42. The summed E-state index contributed by atoms with van der Waals surface area (Å²) in [7, 11) is 0. The van der Waals surface area contributed by atoms with Crippen molar-refractivity contribution >= 4 is 17.3 Å². The average Bonchev–Trinajstić information content (AvgIpc) is 2.42. The molecule has 1 aromatic carbocycles. The first-order chi connectivity index (χ1) is 9.90. The smallest absolute Gasteiger partial charge is 0.342 e. The zero-order valence-corrected chi connectivity index (χ0v) is 11.6. The third-order valence-corrected chi connectivity index (χ3v) is 3.96. The summed E-state index contributed by atoms with van der Waals surface area (Å²) in [6.45, 7) is 2.05. The maximum atomic E-state index is 14.0. The first kappa shape index (κ1) is 15.2. The van der Waals surface area contributed by atoms with E-state index in [0.717, 1.165) is 31.7 Å². The topological polar surface area (TPSA) is 92.5 Å². The maximum Gasteiger partial charge on any atom is 0.342 e. The molecule has 2 N–H and O–H groups in total. The van der Waals surface area contributed by atoms with Crippen molar-refractivity contribution < 1.29 is 19.2 Å². The average molecular weight is 296 g/mol. The number of carboxylic acids is 1. The summed E-state index contributed by atoms with van der Waals surface area (Å²) in [4.78, 5) is 21.0. The van der Waals surface area contributed by atoms with Gasteiger partial charge in [-0.05, 0) is 24.8 Å². The minimum Gasteiger partial charge on any atom is -0.477 e. The highest BCUT2D eigenvalue weighted by molar-refractivity contribution is 5.93. The monoisotopic (exact) mass is 296 g/mol. The van der Waals surface area contributed by atoms with E-state index in [4.69, 9.17) is 5.11 Å². The summed E-state index contributed by atoms with van der Waals surface area (Å²) in [5.41, 5.74) is -1.23. The fourth-order valence-corrected chi connectivity index (χ4v) is 2.73. The normalized spacial score (nSPS) is 21.8. The van der Waals surface area contributed by atoms with Crippen LogP contribution in [0, 0.1) is 21.8 Å². The lowest BCUT2D eigenvalue weighted by Crippen LogP contribution is -2.30. The predicted molar refractivity (Wildman–Crippen MR) is 75.1 cm³/mol. The Morgan fingerprint density at radius 3 is 2.67 bits per heavy atom. The van der Waals surface area contributed by atoms with Gasteiger partial charge in [0.25, 0.3) is 5.69 Å². The Bertz CT molecular complexity index is 576. The minimum absolute atomic E-state index is 0.0109. The molecule has 1 aromatic rings. The zero-order valence-electron chi connectivity index (χ0n) is 11.6. The van der Waals surface area contributed by atoms with Crippen LogP contribution in [0.25, 0.3) is 0 Å². The van der Waals surface area contributed by atoms with Crippen LogP contribution < -0.4 is 5.32 Å². The number of carbonyl (C=O) groups is 1. The molecule has 0 radical (unpaired) electrons. The van der Waals surface area contributed by atoms with Crippen LogP contribution in [0.4, 0.5) is 15.8 Å². The van der Waals surface area contributed by atoms with Gasteiger partial charge in [0.2, 0.25) is 0 Å². The molecule has 0 saturated heterocycles. The van der Waals surface area contributed by atoms with E-state index in [9.17, 15) is 19.3 Å². The SMILES string of the molecule is CC1CCCCC1Nc1cc(C(=O)O)c([N+](=O)[O-])cc1F. The molecule has 1 saturated carbocycles. The lowest BCUT2D eigenvalue weighted by Gasteiger charge is -2.30. The molecule has 2 rings (SSSR count). The second kappa shape index (κ2) is 6.07. The summed E-state index contributed by atoms with van der Waals surface area (Å²) >= 11 is 0. The Balaban J connectivity index is 2.33. The molecule has 7 heteroatoms. The van der Waals surface area contributed by atoms with Crippen molar-refractivity contribution in [2.75, 3.05) is 5.32 Å². The van der Waals surface area contributed by atoms with Gasteiger partial charge in [-0.1, -0.05) is 19.8 Å². The Morgan fingerprint density at radius 2 is 2.10 bits per heavy atom. The van der Waals surface area contributed by atoms with Crippen molar-refractivity contribution in [2.24, 2.45) is 5.92 Å². The third kappa shape index (κ3) is 3.29. The molecular formula is C14H17FN2O4. The van der Waals surface area contributed by atoms with Crippen LogP contribution in [0.3, 0.4) is 0 Å². The van der Waals surface area contributed by atoms with E-state index in [1.807, 2.05) is 0 Å². The van der Waals surface area contributed by atoms with Crippen molar-refractivity contribution in [3.05, 3.63) is 33.6 Å². The van der Waals surface area contributed by atoms with Gasteiger partial charge in [-0.2, -0.15) is 0 Å². The van der Waals surface area contributed by atoms with Gasteiger partial charge >= 0.3 is 5.97 Å². The minimum atomic E-state index is -1.44. The van der Waals surface area contributed by atoms with Crippen LogP contribution in [0.2, 0.25) is 0 Å².